The predicted molar refractivity (Wildman–Crippen MR) is 175 cm³/mol. The molecule has 0 aliphatic carbocycles. The van der Waals surface area contributed by atoms with Gasteiger partial charge in [-0.1, -0.05) is 12.1 Å². The molecule has 10 nitrogen and oxygen atoms in total. The molecule has 0 saturated carbocycles. The number of carbonyl (C=O) groups excluding carboxylic acids is 1. The number of rotatable bonds is 7. The van der Waals surface area contributed by atoms with Crippen molar-refractivity contribution >= 4 is 16.8 Å². The van der Waals surface area contributed by atoms with Crippen molar-refractivity contribution in [3.8, 4) is 28.7 Å². The topological polar surface area (TPSA) is 119 Å². The zero-order valence-corrected chi connectivity index (χ0v) is 26.9. The smallest absolute Gasteiger partial charge is 0.257 e. The van der Waals surface area contributed by atoms with Crippen LogP contribution in [-0.2, 0) is 15.9 Å². The molecule has 2 saturated heterocycles. The summed E-state index contributed by atoms with van der Waals surface area (Å²) in [6.07, 6.45) is 5.63. The summed E-state index contributed by atoms with van der Waals surface area (Å²) in [7, 11) is 0. The second kappa shape index (κ2) is 12.3. The van der Waals surface area contributed by atoms with Crippen molar-refractivity contribution in [1.82, 2.24) is 24.6 Å². The fourth-order valence-electron chi connectivity index (χ4n) is 7.50. The summed E-state index contributed by atoms with van der Waals surface area (Å²) in [4.78, 5) is 21.3. The Morgan fingerprint density at radius 3 is 2.67 bits per heavy atom. The van der Waals surface area contributed by atoms with Crippen LogP contribution in [0.2, 0.25) is 0 Å². The minimum Gasteiger partial charge on any atom is -0.421 e. The maximum absolute atomic E-state index is 14.5. The van der Waals surface area contributed by atoms with Crippen molar-refractivity contribution in [3.63, 3.8) is 0 Å². The maximum atomic E-state index is 14.5. The molecule has 0 bridgehead atoms. The monoisotopic (exact) mass is 646 g/mol. The minimum absolute atomic E-state index is 0.0227. The maximum Gasteiger partial charge on any atom is 0.257 e. The first kappa shape index (κ1) is 30.4. The lowest BCUT2D eigenvalue weighted by atomic mass is 9.88. The highest BCUT2D eigenvalue weighted by atomic mass is 19.1. The van der Waals surface area contributed by atoms with Gasteiger partial charge < -0.3 is 23.4 Å². The van der Waals surface area contributed by atoms with Gasteiger partial charge in [-0.3, -0.25) is 9.78 Å². The van der Waals surface area contributed by atoms with Crippen molar-refractivity contribution in [2.45, 2.75) is 51.6 Å². The number of hydrogen-bond acceptors (Lipinski definition) is 8. The van der Waals surface area contributed by atoms with Crippen molar-refractivity contribution in [3.05, 3.63) is 88.4 Å². The molecule has 0 spiro atoms. The number of nitrogens with zero attached hydrogens (tertiary/aromatic N) is 6. The molecule has 48 heavy (non-hydrogen) atoms. The lowest BCUT2D eigenvalue weighted by molar-refractivity contribution is 0.00352. The number of halogens is 1. The van der Waals surface area contributed by atoms with Crippen LogP contribution < -0.4 is 0 Å². The summed E-state index contributed by atoms with van der Waals surface area (Å²) in [5.74, 6) is 0.708. The standard InChI is InChI=1S/C37H35FN6O4/c1-21(24-4-5-27(19-39)28(38)18-24)43-12-9-25-17-26(6-8-30(25)43)32-33(36-42-41-22(2)48-36)29(7-3-23-10-14-46-15-11-23)40-35-31-20-47-16-13-44(31)37(45)34(32)35/h4-6,8-9,12,17-18,21,23,31H,3,7,10-11,13-16,20H2,1-2H3/t21-,31-/m0/s1. The zero-order chi connectivity index (χ0) is 32.9. The van der Waals surface area contributed by atoms with Gasteiger partial charge in [-0.2, -0.15) is 5.26 Å². The lowest BCUT2D eigenvalue weighted by Crippen LogP contribution is -2.38. The summed E-state index contributed by atoms with van der Waals surface area (Å²) < 4.78 is 34.2. The zero-order valence-electron chi connectivity index (χ0n) is 26.9. The molecular weight excluding hydrogens is 611 g/mol. The van der Waals surface area contributed by atoms with E-state index < -0.39 is 5.82 Å². The van der Waals surface area contributed by atoms with E-state index in [9.17, 15) is 14.4 Å². The number of aryl methyl sites for hydroxylation is 2. The van der Waals surface area contributed by atoms with Crippen LogP contribution >= 0.6 is 0 Å². The molecule has 2 atom stereocenters. The highest BCUT2D eigenvalue weighted by Crippen LogP contribution is 2.46. The Hall–Kier alpha value is -4.92. The van der Waals surface area contributed by atoms with Crippen molar-refractivity contribution in [1.29, 1.82) is 5.26 Å². The van der Waals surface area contributed by atoms with Gasteiger partial charge in [0, 0.05) is 49.3 Å². The van der Waals surface area contributed by atoms with Crippen LogP contribution in [-0.4, -0.2) is 63.5 Å². The van der Waals surface area contributed by atoms with Crippen LogP contribution in [0.1, 0.15) is 77.0 Å². The molecule has 1 amide bonds. The second-order valence-corrected chi connectivity index (χ2v) is 12.9. The Kier molecular flexibility index (Phi) is 7.77. The average Bonchev–Trinajstić information content (AvgIpc) is 3.82. The molecule has 0 radical (unpaired) electrons. The molecule has 0 unspecified atom stereocenters. The molecule has 3 aromatic heterocycles. The number of hydrogen-bond donors (Lipinski definition) is 0. The first-order valence-electron chi connectivity index (χ1n) is 16.6. The summed E-state index contributed by atoms with van der Waals surface area (Å²) in [6, 6.07) is 14.4. The van der Waals surface area contributed by atoms with E-state index >= 15 is 0 Å². The summed E-state index contributed by atoms with van der Waals surface area (Å²) in [5, 5.41) is 18.8. The number of nitriles is 1. The van der Waals surface area contributed by atoms with E-state index in [0.29, 0.717) is 55.0 Å². The van der Waals surface area contributed by atoms with Gasteiger partial charge in [0.1, 0.15) is 11.9 Å². The molecule has 11 heteroatoms. The van der Waals surface area contributed by atoms with E-state index in [2.05, 4.69) is 20.8 Å². The van der Waals surface area contributed by atoms with Gasteiger partial charge in [-0.15, -0.1) is 10.2 Å². The third-order valence-electron chi connectivity index (χ3n) is 10.1. The van der Waals surface area contributed by atoms with E-state index in [0.717, 1.165) is 71.5 Å². The number of fused-ring (bicyclic) bond motifs is 4. The van der Waals surface area contributed by atoms with Gasteiger partial charge in [-0.25, -0.2) is 4.39 Å². The molecular formula is C37H35FN6O4. The van der Waals surface area contributed by atoms with Crippen molar-refractivity contribution in [2.75, 3.05) is 33.0 Å². The number of pyridine rings is 1. The van der Waals surface area contributed by atoms with Crippen LogP contribution in [0.3, 0.4) is 0 Å². The molecule has 3 aliphatic heterocycles. The van der Waals surface area contributed by atoms with Crippen molar-refractivity contribution < 1.29 is 23.1 Å². The van der Waals surface area contributed by atoms with Crippen LogP contribution in [0.25, 0.3) is 33.5 Å². The highest BCUT2D eigenvalue weighted by molar-refractivity contribution is 6.08. The molecule has 6 heterocycles. The molecule has 0 N–H and O–H groups in total. The number of aromatic nitrogens is 4. The van der Waals surface area contributed by atoms with E-state index in [4.69, 9.17) is 18.9 Å². The Labute approximate surface area is 277 Å². The lowest BCUT2D eigenvalue weighted by Gasteiger charge is -2.29. The first-order chi connectivity index (χ1) is 23.4. The number of carbonyl (C=O) groups is 1. The van der Waals surface area contributed by atoms with E-state index in [-0.39, 0.29) is 23.6 Å². The average molecular weight is 647 g/mol. The van der Waals surface area contributed by atoms with Crippen LogP contribution in [0.4, 0.5) is 4.39 Å². The quantitative estimate of drug-likeness (QED) is 0.195. The largest absolute Gasteiger partial charge is 0.421 e. The fraction of sp³-hybridized carbons (Fsp3) is 0.378. The number of benzene rings is 2. The summed E-state index contributed by atoms with van der Waals surface area (Å²) in [6.45, 7) is 6.69. The highest BCUT2D eigenvalue weighted by Gasteiger charge is 2.44. The van der Waals surface area contributed by atoms with Crippen molar-refractivity contribution in [2.24, 2.45) is 5.92 Å². The Balaban J connectivity index is 1.28. The number of morpholine rings is 1. The SMILES string of the molecule is Cc1nnc(-c2c(CCC3CCOCC3)nc3c(c2-c2ccc4c(ccn4[C@@H](C)c4ccc(C#N)c(F)c4)c2)C(=O)N2CCOC[C@@H]32)o1. The molecule has 244 valence electrons. The Bertz CT molecular complexity index is 2090. The third kappa shape index (κ3) is 5.16. The van der Waals surface area contributed by atoms with Crippen LogP contribution in [0.5, 0.6) is 0 Å². The summed E-state index contributed by atoms with van der Waals surface area (Å²) in [5.41, 5.74) is 6.18. The van der Waals surface area contributed by atoms with Gasteiger partial charge in [0.2, 0.25) is 11.8 Å². The number of ether oxygens (including phenoxy) is 2. The third-order valence-corrected chi connectivity index (χ3v) is 10.1. The molecule has 2 fully saturated rings. The Morgan fingerprint density at radius 2 is 1.90 bits per heavy atom. The Morgan fingerprint density at radius 1 is 1.04 bits per heavy atom. The minimum atomic E-state index is -0.532. The second-order valence-electron chi connectivity index (χ2n) is 12.9. The van der Waals surface area contributed by atoms with Gasteiger partial charge in [0.05, 0.1) is 53.4 Å². The molecule has 3 aliphatic rings. The van der Waals surface area contributed by atoms with Gasteiger partial charge in [-0.05, 0) is 80.0 Å². The predicted octanol–water partition coefficient (Wildman–Crippen LogP) is 6.57. The molecule has 8 rings (SSSR count). The van der Waals surface area contributed by atoms with E-state index in [1.54, 1.807) is 13.0 Å². The van der Waals surface area contributed by atoms with Gasteiger partial charge in [0.25, 0.3) is 5.91 Å². The molecule has 5 aromatic rings. The van der Waals surface area contributed by atoms with E-state index in [1.165, 1.54) is 12.1 Å². The van der Waals surface area contributed by atoms with E-state index in [1.807, 2.05) is 42.3 Å². The van der Waals surface area contributed by atoms with Gasteiger partial charge >= 0.3 is 0 Å². The fourth-order valence-corrected chi connectivity index (χ4v) is 7.50. The van der Waals surface area contributed by atoms with Crippen LogP contribution in [0.15, 0.2) is 53.1 Å². The normalized spacial score (nSPS) is 18.6. The van der Waals surface area contributed by atoms with Crippen LogP contribution in [0, 0.1) is 30.0 Å². The number of amides is 1. The van der Waals surface area contributed by atoms with Gasteiger partial charge in [0.15, 0.2) is 0 Å². The summed E-state index contributed by atoms with van der Waals surface area (Å²) >= 11 is 0. The first-order valence-corrected chi connectivity index (χ1v) is 16.6. The molecule has 2 aromatic carbocycles.